The predicted octanol–water partition coefficient (Wildman–Crippen LogP) is 2.66. The number of nitrogens with one attached hydrogen (secondary N) is 1. The van der Waals surface area contributed by atoms with Crippen molar-refractivity contribution in [2.45, 2.75) is 5.92 Å². The number of benzene rings is 2. The van der Waals surface area contributed by atoms with Crippen LogP contribution < -0.4 is 5.32 Å². The highest BCUT2D eigenvalue weighted by molar-refractivity contribution is 7.51. The Bertz CT molecular complexity index is 740. The first-order valence-corrected chi connectivity index (χ1v) is 8.89. The minimum atomic E-state index is -4.29. The van der Waals surface area contributed by atoms with Crippen molar-refractivity contribution in [1.29, 1.82) is 0 Å². The van der Waals surface area contributed by atoms with Crippen LogP contribution in [0.3, 0.4) is 0 Å². The van der Waals surface area contributed by atoms with E-state index in [-0.39, 0.29) is 12.5 Å². The number of hydrogen-bond donors (Lipinski definition) is 3. The third kappa shape index (κ3) is 3.45. The van der Waals surface area contributed by atoms with E-state index in [1.807, 2.05) is 48.5 Å². The fraction of sp³-hybridized carbons (Fsp3) is 0.188. The Morgan fingerprint density at radius 3 is 2.09 bits per heavy atom. The Morgan fingerprint density at radius 2 is 1.57 bits per heavy atom. The third-order valence-electron chi connectivity index (χ3n) is 3.77. The van der Waals surface area contributed by atoms with Crippen LogP contribution in [-0.2, 0) is 9.30 Å². The number of ether oxygens (including phenoxy) is 1. The second kappa shape index (κ2) is 6.16. The summed E-state index contributed by atoms with van der Waals surface area (Å²) in [6, 6.07) is 15.9. The largest absolute Gasteiger partial charge is 0.449 e. The number of hydrogen-bond acceptors (Lipinski definition) is 3. The van der Waals surface area contributed by atoms with E-state index >= 15 is 0 Å². The molecular formula is C16H16NO5P. The van der Waals surface area contributed by atoms with E-state index in [4.69, 9.17) is 14.5 Å². The van der Waals surface area contributed by atoms with Gasteiger partial charge in [0.1, 0.15) is 12.9 Å². The van der Waals surface area contributed by atoms with Crippen LogP contribution in [-0.4, -0.2) is 28.8 Å². The fourth-order valence-electron chi connectivity index (χ4n) is 2.82. The molecule has 0 fully saturated rings. The molecule has 0 radical (unpaired) electrons. The quantitative estimate of drug-likeness (QED) is 0.453. The van der Waals surface area contributed by atoms with Gasteiger partial charge in [-0.15, -0.1) is 0 Å². The van der Waals surface area contributed by atoms with E-state index in [0.29, 0.717) is 0 Å². The molecule has 0 heterocycles. The average Bonchev–Trinajstić information content (AvgIpc) is 2.84. The molecule has 6 nitrogen and oxygen atoms in total. The van der Waals surface area contributed by atoms with Crippen molar-refractivity contribution in [3.8, 4) is 11.1 Å². The maximum atomic E-state index is 11.6. The zero-order chi connectivity index (χ0) is 16.4. The molecule has 1 amide bonds. The molecule has 7 heteroatoms. The second-order valence-corrected chi connectivity index (χ2v) is 6.97. The molecule has 2 aromatic carbocycles. The van der Waals surface area contributed by atoms with Crippen LogP contribution in [0.4, 0.5) is 4.79 Å². The van der Waals surface area contributed by atoms with E-state index < -0.39 is 20.0 Å². The van der Waals surface area contributed by atoms with Crippen molar-refractivity contribution >= 4 is 13.7 Å². The summed E-state index contributed by atoms with van der Waals surface area (Å²) in [7, 11) is -4.29. The number of amides is 1. The molecule has 120 valence electrons. The van der Waals surface area contributed by atoms with Gasteiger partial charge >= 0.3 is 13.7 Å². The fourth-order valence-corrected chi connectivity index (χ4v) is 3.15. The molecule has 3 rings (SSSR count). The van der Waals surface area contributed by atoms with Gasteiger partial charge in [0, 0.05) is 5.92 Å². The van der Waals surface area contributed by atoms with Gasteiger partial charge in [-0.2, -0.15) is 0 Å². The first-order valence-electron chi connectivity index (χ1n) is 7.09. The van der Waals surface area contributed by atoms with E-state index in [0.717, 1.165) is 22.3 Å². The van der Waals surface area contributed by atoms with Gasteiger partial charge in [0.25, 0.3) is 0 Å². The summed E-state index contributed by atoms with van der Waals surface area (Å²) in [6.45, 7) is 0.112. The van der Waals surface area contributed by atoms with Gasteiger partial charge in [0.2, 0.25) is 0 Å². The maximum absolute atomic E-state index is 11.6. The van der Waals surface area contributed by atoms with Gasteiger partial charge in [0.15, 0.2) is 0 Å². The van der Waals surface area contributed by atoms with Crippen molar-refractivity contribution in [2.24, 2.45) is 0 Å². The van der Waals surface area contributed by atoms with Gasteiger partial charge in [-0.1, -0.05) is 48.5 Å². The highest BCUT2D eigenvalue weighted by atomic mass is 31.2. The van der Waals surface area contributed by atoms with E-state index in [2.05, 4.69) is 5.32 Å². The van der Waals surface area contributed by atoms with Gasteiger partial charge < -0.3 is 19.8 Å². The molecule has 1 aliphatic rings. The molecule has 1 aliphatic carbocycles. The van der Waals surface area contributed by atoms with Gasteiger partial charge in [0.05, 0.1) is 0 Å². The van der Waals surface area contributed by atoms with Crippen LogP contribution in [0.1, 0.15) is 17.0 Å². The van der Waals surface area contributed by atoms with Crippen molar-refractivity contribution in [3.63, 3.8) is 0 Å². The lowest BCUT2D eigenvalue weighted by Gasteiger charge is -2.14. The highest BCUT2D eigenvalue weighted by Gasteiger charge is 2.29. The van der Waals surface area contributed by atoms with Crippen molar-refractivity contribution in [2.75, 3.05) is 12.9 Å². The first kappa shape index (κ1) is 15.7. The maximum Gasteiger partial charge on any atom is 0.407 e. The normalized spacial score (nSPS) is 13.3. The van der Waals surface area contributed by atoms with Crippen molar-refractivity contribution < 1.29 is 23.9 Å². The zero-order valence-corrected chi connectivity index (χ0v) is 13.1. The topological polar surface area (TPSA) is 95.9 Å². The second-order valence-electron chi connectivity index (χ2n) is 5.33. The summed E-state index contributed by atoms with van der Waals surface area (Å²) in [5, 5.41) is 2.07. The smallest absolute Gasteiger partial charge is 0.407 e. The zero-order valence-electron chi connectivity index (χ0n) is 12.2. The van der Waals surface area contributed by atoms with E-state index in [1.165, 1.54) is 0 Å². The molecule has 0 saturated carbocycles. The van der Waals surface area contributed by atoms with Crippen LogP contribution in [0.15, 0.2) is 48.5 Å². The molecule has 0 bridgehead atoms. The summed E-state index contributed by atoms with van der Waals surface area (Å²) in [4.78, 5) is 29.1. The Morgan fingerprint density at radius 1 is 1.04 bits per heavy atom. The Hall–Kier alpha value is -2.14. The van der Waals surface area contributed by atoms with Gasteiger partial charge in [-0.05, 0) is 22.3 Å². The van der Waals surface area contributed by atoms with Crippen LogP contribution in [0.5, 0.6) is 0 Å². The lowest BCUT2D eigenvalue weighted by molar-refractivity contribution is 0.144. The summed E-state index contributed by atoms with van der Waals surface area (Å²) < 4.78 is 15.9. The standard InChI is InChI=1S/C16H16NO5P/c18-16(17-10-23(19,20)21)22-9-15-13-7-3-1-5-11(13)12-6-2-4-8-14(12)15/h1-8,15H,9-10H2,(H,17,18)(H2,19,20,21)/i10+1,17+1. The minimum absolute atomic E-state index is 0.0804. The number of carbonyl (C=O) groups excluding carboxylic acids is 1. The monoisotopic (exact) mass is 335 g/mol. The average molecular weight is 335 g/mol. The Balaban J connectivity index is 1.73. The summed E-state index contributed by atoms with van der Waals surface area (Å²) in [6.07, 6.45) is -1.57. The number of alkyl carbamates (subject to hydrolysis) is 1. The molecule has 0 aliphatic heterocycles. The van der Waals surface area contributed by atoms with Crippen LogP contribution in [0, 0.1) is 0 Å². The summed E-state index contributed by atoms with van der Waals surface area (Å²) in [5.41, 5.74) is 4.40. The molecule has 0 spiro atoms. The number of rotatable bonds is 4. The molecular weight excluding hydrogens is 319 g/mol. The molecule has 3 N–H and O–H groups in total. The molecule has 0 saturated heterocycles. The van der Waals surface area contributed by atoms with Gasteiger partial charge in [-0.25, -0.2) is 4.79 Å². The number of fused-ring (bicyclic) bond motifs is 3. The van der Waals surface area contributed by atoms with Crippen LogP contribution in [0.25, 0.3) is 11.1 Å². The van der Waals surface area contributed by atoms with E-state index in [9.17, 15) is 9.36 Å². The minimum Gasteiger partial charge on any atom is -0.449 e. The van der Waals surface area contributed by atoms with Crippen molar-refractivity contribution in [3.05, 3.63) is 59.7 Å². The summed E-state index contributed by atoms with van der Waals surface area (Å²) >= 11 is 0. The summed E-state index contributed by atoms with van der Waals surface area (Å²) in [5.74, 6) is -0.0804. The highest BCUT2D eigenvalue weighted by Crippen LogP contribution is 2.44. The van der Waals surface area contributed by atoms with E-state index in [1.54, 1.807) is 0 Å². The molecule has 23 heavy (non-hydrogen) atoms. The lowest BCUT2D eigenvalue weighted by atomic mass is 9.98. The van der Waals surface area contributed by atoms with Gasteiger partial charge in [-0.3, -0.25) is 4.57 Å². The SMILES string of the molecule is O=C([15NH][13CH2]P(=O)(O)O)OCC1c2ccccc2-c2ccccc21. The Labute approximate surface area is 133 Å². The first-order chi connectivity index (χ1) is 11.0. The molecule has 0 aromatic heterocycles. The molecule has 0 atom stereocenters. The number of carbonyl (C=O) groups is 1. The van der Waals surface area contributed by atoms with Crippen molar-refractivity contribution in [1.82, 2.24) is 5.32 Å². The molecule has 2 aromatic rings. The van der Waals surface area contributed by atoms with Crippen LogP contribution >= 0.6 is 7.60 Å². The van der Waals surface area contributed by atoms with Crippen LogP contribution in [0.2, 0.25) is 0 Å². The Kier molecular flexibility index (Phi) is 4.22. The predicted molar refractivity (Wildman–Crippen MR) is 85.1 cm³/mol. The molecule has 0 unspecified atom stereocenters. The lowest BCUT2D eigenvalue weighted by Crippen LogP contribution is -2.27. The third-order valence-corrected chi connectivity index (χ3v) is 4.34.